The second kappa shape index (κ2) is 6.35. The van der Waals surface area contributed by atoms with E-state index in [1.54, 1.807) is 12.1 Å². The predicted molar refractivity (Wildman–Crippen MR) is 70.8 cm³/mol. The molecule has 0 saturated carbocycles. The van der Waals surface area contributed by atoms with Crippen LogP contribution in [0.3, 0.4) is 0 Å². The Morgan fingerprint density at radius 3 is 2.61 bits per heavy atom. The number of nitro benzene ring substituents is 1. The molecule has 0 spiro atoms. The number of rotatable bonds is 6. The highest BCUT2D eigenvalue weighted by atomic mass is 16.6. The van der Waals surface area contributed by atoms with E-state index in [9.17, 15) is 10.1 Å². The Bertz CT molecular complexity index is 419. The first-order chi connectivity index (χ1) is 8.43. The van der Waals surface area contributed by atoms with Gasteiger partial charge in [0.15, 0.2) is 5.75 Å². The SMILES string of the molecule is CCC(N)Cc1ccc([N+](=O)[O-])c(OC(C)C)c1. The number of hydrogen-bond donors (Lipinski definition) is 1. The summed E-state index contributed by atoms with van der Waals surface area (Å²) in [6.45, 7) is 5.70. The molecule has 0 bridgehead atoms. The lowest BCUT2D eigenvalue weighted by atomic mass is 10.0. The van der Waals surface area contributed by atoms with Crippen LogP contribution < -0.4 is 10.5 Å². The molecule has 1 aromatic carbocycles. The van der Waals surface area contributed by atoms with E-state index < -0.39 is 4.92 Å². The quantitative estimate of drug-likeness (QED) is 0.623. The van der Waals surface area contributed by atoms with Crippen molar-refractivity contribution in [3.05, 3.63) is 33.9 Å². The second-order valence-electron chi connectivity index (χ2n) is 4.60. The third-order valence-electron chi connectivity index (χ3n) is 2.61. The Balaban J connectivity index is 3.01. The second-order valence-corrected chi connectivity index (χ2v) is 4.60. The Kier molecular flexibility index (Phi) is 5.09. The van der Waals surface area contributed by atoms with Crippen molar-refractivity contribution in [2.45, 2.75) is 45.8 Å². The van der Waals surface area contributed by atoms with Crippen LogP contribution in [-0.2, 0) is 6.42 Å². The summed E-state index contributed by atoms with van der Waals surface area (Å²) in [5, 5.41) is 10.9. The van der Waals surface area contributed by atoms with E-state index >= 15 is 0 Å². The van der Waals surface area contributed by atoms with Crippen LogP contribution in [0.2, 0.25) is 0 Å². The lowest BCUT2D eigenvalue weighted by molar-refractivity contribution is -0.386. The van der Waals surface area contributed by atoms with Crippen molar-refractivity contribution in [2.24, 2.45) is 5.73 Å². The van der Waals surface area contributed by atoms with Gasteiger partial charge in [-0.2, -0.15) is 0 Å². The number of nitro groups is 1. The number of nitrogens with zero attached hydrogens (tertiary/aromatic N) is 1. The molecule has 0 aliphatic carbocycles. The smallest absolute Gasteiger partial charge is 0.310 e. The van der Waals surface area contributed by atoms with Crippen molar-refractivity contribution in [3.63, 3.8) is 0 Å². The Hall–Kier alpha value is -1.62. The van der Waals surface area contributed by atoms with Crippen LogP contribution in [0.15, 0.2) is 18.2 Å². The normalized spacial score (nSPS) is 12.5. The molecule has 0 aliphatic rings. The third-order valence-corrected chi connectivity index (χ3v) is 2.61. The van der Waals surface area contributed by atoms with Gasteiger partial charge in [0, 0.05) is 12.1 Å². The van der Waals surface area contributed by atoms with Crippen molar-refractivity contribution >= 4 is 5.69 Å². The van der Waals surface area contributed by atoms with E-state index in [-0.39, 0.29) is 17.8 Å². The molecule has 100 valence electrons. The monoisotopic (exact) mass is 252 g/mol. The molecule has 1 rings (SSSR count). The molecule has 5 heteroatoms. The minimum atomic E-state index is -0.429. The van der Waals surface area contributed by atoms with E-state index in [0.717, 1.165) is 12.0 Å². The topological polar surface area (TPSA) is 78.4 Å². The molecule has 0 radical (unpaired) electrons. The standard InChI is InChI=1S/C13H20N2O3/c1-4-11(14)7-10-5-6-12(15(16)17)13(8-10)18-9(2)3/h5-6,8-9,11H,4,7,14H2,1-3H3. The molecule has 0 fully saturated rings. The highest BCUT2D eigenvalue weighted by molar-refractivity contribution is 5.48. The molecule has 1 unspecified atom stereocenters. The summed E-state index contributed by atoms with van der Waals surface area (Å²) in [5.41, 5.74) is 6.84. The summed E-state index contributed by atoms with van der Waals surface area (Å²) in [5.74, 6) is 0.316. The average Bonchev–Trinajstić information content (AvgIpc) is 2.27. The fourth-order valence-corrected chi connectivity index (χ4v) is 1.63. The van der Waals surface area contributed by atoms with Crippen LogP contribution in [0.1, 0.15) is 32.8 Å². The third kappa shape index (κ3) is 4.00. The van der Waals surface area contributed by atoms with Crippen molar-refractivity contribution in [1.82, 2.24) is 0 Å². The van der Waals surface area contributed by atoms with Gasteiger partial charge in [0.05, 0.1) is 11.0 Å². The van der Waals surface area contributed by atoms with Crippen LogP contribution in [0.5, 0.6) is 5.75 Å². The minimum Gasteiger partial charge on any atom is -0.484 e. The first kappa shape index (κ1) is 14.4. The summed E-state index contributed by atoms with van der Waals surface area (Å²) in [4.78, 5) is 10.5. The van der Waals surface area contributed by atoms with Gasteiger partial charge in [-0.25, -0.2) is 0 Å². The van der Waals surface area contributed by atoms with Crippen LogP contribution in [0.4, 0.5) is 5.69 Å². The highest BCUT2D eigenvalue weighted by Gasteiger charge is 2.17. The zero-order valence-corrected chi connectivity index (χ0v) is 11.1. The van der Waals surface area contributed by atoms with Gasteiger partial charge in [-0.1, -0.05) is 13.0 Å². The Morgan fingerprint density at radius 2 is 2.11 bits per heavy atom. The molecule has 1 atom stereocenters. The van der Waals surface area contributed by atoms with Crippen LogP contribution in [0.25, 0.3) is 0 Å². The molecular formula is C13H20N2O3. The zero-order chi connectivity index (χ0) is 13.7. The fraction of sp³-hybridized carbons (Fsp3) is 0.538. The maximum atomic E-state index is 10.9. The van der Waals surface area contributed by atoms with Gasteiger partial charge >= 0.3 is 5.69 Å². The summed E-state index contributed by atoms with van der Waals surface area (Å²) in [7, 11) is 0. The largest absolute Gasteiger partial charge is 0.484 e. The molecule has 5 nitrogen and oxygen atoms in total. The summed E-state index contributed by atoms with van der Waals surface area (Å²) in [6.07, 6.45) is 1.47. The van der Waals surface area contributed by atoms with Crippen LogP contribution in [-0.4, -0.2) is 17.1 Å². The molecule has 0 heterocycles. The van der Waals surface area contributed by atoms with Crippen molar-refractivity contribution in [3.8, 4) is 5.75 Å². The van der Waals surface area contributed by atoms with Gasteiger partial charge in [0.1, 0.15) is 0 Å². The lowest BCUT2D eigenvalue weighted by Gasteiger charge is -2.13. The van der Waals surface area contributed by atoms with E-state index in [1.165, 1.54) is 6.07 Å². The molecule has 0 amide bonds. The minimum absolute atomic E-state index is 0.00230. The summed E-state index contributed by atoms with van der Waals surface area (Å²) in [6, 6.07) is 5.00. The van der Waals surface area contributed by atoms with Crippen molar-refractivity contribution in [2.75, 3.05) is 0 Å². The maximum absolute atomic E-state index is 10.9. The maximum Gasteiger partial charge on any atom is 0.310 e. The molecular weight excluding hydrogens is 232 g/mol. The van der Waals surface area contributed by atoms with Crippen molar-refractivity contribution < 1.29 is 9.66 Å². The summed E-state index contributed by atoms with van der Waals surface area (Å²) >= 11 is 0. The molecule has 1 aromatic rings. The van der Waals surface area contributed by atoms with Gasteiger partial charge in [0.2, 0.25) is 0 Å². The molecule has 0 aliphatic heterocycles. The predicted octanol–water partition coefficient (Wildman–Crippen LogP) is 2.66. The summed E-state index contributed by atoms with van der Waals surface area (Å²) < 4.78 is 5.48. The van der Waals surface area contributed by atoms with Gasteiger partial charge in [-0.15, -0.1) is 0 Å². The van der Waals surface area contributed by atoms with Gasteiger partial charge in [-0.3, -0.25) is 10.1 Å². The van der Waals surface area contributed by atoms with Gasteiger partial charge in [0.25, 0.3) is 0 Å². The molecule has 0 saturated heterocycles. The fourth-order valence-electron chi connectivity index (χ4n) is 1.63. The van der Waals surface area contributed by atoms with Crippen LogP contribution in [0, 0.1) is 10.1 Å². The number of nitrogens with two attached hydrogens (primary N) is 1. The van der Waals surface area contributed by atoms with Gasteiger partial charge in [-0.05, 0) is 38.3 Å². The van der Waals surface area contributed by atoms with E-state index in [2.05, 4.69) is 0 Å². The van der Waals surface area contributed by atoms with Crippen LogP contribution >= 0.6 is 0 Å². The van der Waals surface area contributed by atoms with E-state index in [0.29, 0.717) is 12.2 Å². The zero-order valence-electron chi connectivity index (χ0n) is 11.1. The Labute approximate surface area is 107 Å². The molecule has 18 heavy (non-hydrogen) atoms. The molecule has 0 aromatic heterocycles. The van der Waals surface area contributed by atoms with Gasteiger partial charge < -0.3 is 10.5 Å². The van der Waals surface area contributed by atoms with Crippen molar-refractivity contribution in [1.29, 1.82) is 0 Å². The number of ether oxygens (including phenoxy) is 1. The van der Waals surface area contributed by atoms with E-state index in [1.807, 2.05) is 20.8 Å². The Morgan fingerprint density at radius 1 is 1.44 bits per heavy atom. The highest BCUT2D eigenvalue weighted by Crippen LogP contribution is 2.29. The lowest BCUT2D eigenvalue weighted by Crippen LogP contribution is -2.21. The first-order valence-corrected chi connectivity index (χ1v) is 6.13. The number of benzene rings is 1. The first-order valence-electron chi connectivity index (χ1n) is 6.13. The van der Waals surface area contributed by atoms with E-state index in [4.69, 9.17) is 10.5 Å². The molecule has 2 N–H and O–H groups in total. The number of hydrogen-bond acceptors (Lipinski definition) is 4. The average molecular weight is 252 g/mol.